The van der Waals surface area contributed by atoms with E-state index in [9.17, 15) is 9.90 Å². The van der Waals surface area contributed by atoms with Gasteiger partial charge in [-0.15, -0.1) is 0 Å². The van der Waals surface area contributed by atoms with Crippen molar-refractivity contribution in [2.45, 2.75) is 25.0 Å². The van der Waals surface area contributed by atoms with E-state index in [2.05, 4.69) is 0 Å². The molecule has 2 atom stereocenters. The molecule has 18 heavy (non-hydrogen) atoms. The molecule has 96 valence electrons. The first-order valence-corrected chi connectivity index (χ1v) is 5.90. The van der Waals surface area contributed by atoms with Crippen molar-refractivity contribution in [3.8, 4) is 5.75 Å². The number of aliphatic hydroxyl groups is 1. The van der Waals surface area contributed by atoms with Gasteiger partial charge in [-0.2, -0.15) is 0 Å². The van der Waals surface area contributed by atoms with E-state index in [4.69, 9.17) is 9.47 Å². The normalized spacial score (nSPS) is 23.1. The van der Waals surface area contributed by atoms with E-state index in [1.54, 1.807) is 0 Å². The average Bonchev–Trinajstić information content (AvgIpc) is 2.41. The summed E-state index contributed by atoms with van der Waals surface area (Å²) in [7, 11) is 1.32. The number of esters is 1. The summed E-state index contributed by atoms with van der Waals surface area (Å²) < 4.78 is 10.5. The molecule has 1 aliphatic rings. The Bertz CT molecular complexity index is 438. The van der Waals surface area contributed by atoms with Crippen LogP contribution in [0.4, 0.5) is 0 Å². The molecule has 0 radical (unpaired) electrons. The van der Waals surface area contributed by atoms with Gasteiger partial charge in [0.1, 0.15) is 11.9 Å². The second kappa shape index (κ2) is 5.69. The Kier molecular flexibility index (Phi) is 3.99. The number of methoxy groups -OCH3 is 1. The summed E-state index contributed by atoms with van der Waals surface area (Å²) in [4.78, 5) is 11.6. The lowest BCUT2D eigenvalue weighted by atomic mass is 9.94. The second-order valence-corrected chi connectivity index (χ2v) is 4.18. The van der Waals surface area contributed by atoms with Crippen molar-refractivity contribution in [2.24, 2.45) is 0 Å². The summed E-state index contributed by atoms with van der Waals surface area (Å²) in [6.45, 7) is 0. The number of ether oxygens (including phenoxy) is 2. The number of rotatable bonds is 3. The summed E-state index contributed by atoms with van der Waals surface area (Å²) in [5.74, 6) is 0.253. The molecule has 4 nitrogen and oxygen atoms in total. The SMILES string of the molecule is COC(=O)C1=C[C@H](O)CC[C@@H]1Oc1ccccc1. The fourth-order valence-corrected chi connectivity index (χ4v) is 1.98. The summed E-state index contributed by atoms with van der Waals surface area (Å²) in [5, 5.41) is 9.57. The number of carbonyl (C=O) groups excluding carboxylic acids is 1. The maximum Gasteiger partial charge on any atom is 0.337 e. The lowest BCUT2D eigenvalue weighted by Gasteiger charge is -2.26. The Morgan fingerprint density at radius 2 is 2.00 bits per heavy atom. The van der Waals surface area contributed by atoms with Gasteiger partial charge in [-0.05, 0) is 31.1 Å². The van der Waals surface area contributed by atoms with Crippen LogP contribution >= 0.6 is 0 Å². The van der Waals surface area contributed by atoms with Gasteiger partial charge in [-0.3, -0.25) is 0 Å². The van der Waals surface area contributed by atoms with Crippen LogP contribution in [0, 0.1) is 0 Å². The predicted molar refractivity (Wildman–Crippen MR) is 66.2 cm³/mol. The number of carbonyl (C=O) groups is 1. The molecule has 0 aliphatic heterocycles. The highest BCUT2D eigenvalue weighted by Gasteiger charge is 2.28. The molecule has 4 heteroatoms. The molecule has 0 spiro atoms. The molecule has 1 aromatic carbocycles. The molecule has 0 fully saturated rings. The van der Waals surface area contributed by atoms with Crippen molar-refractivity contribution in [3.63, 3.8) is 0 Å². The molecule has 0 amide bonds. The largest absolute Gasteiger partial charge is 0.485 e. The van der Waals surface area contributed by atoms with Crippen molar-refractivity contribution in [1.29, 1.82) is 0 Å². The monoisotopic (exact) mass is 248 g/mol. The molecule has 0 heterocycles. The minimum atomic E-state index is -0.602. The number of benzene rings is 1. The predicted octanol–water partition coefficient (Wildman–Crippen LogP) is 1.69. The smallest absolute Gasteiger partial charge is 0.337 e. The maximum absolute atomic E-state index is 11.6. The fourth-order valence-electron chi connectivity index (χ4n) is 1.98. The molecule has 0 saturated carbocycles. The molecule has 0 aromatic heterocycles. The van der Waals surface area contributed by atoms with Crippen LogP contribution in [0.15, 0.2) is 42.0 Å². The number of hydrogen-bond donors (Lipinski definition) is 1. The van der Waals surface area contributed by atoms with E-state index in [0.29, 0.717) is 24.2 Å². The number of para-hydroxylation sites is 1. The van der Waals surface area contributed by atoms with Crippen LogP contribution in [0.1, 0.15) is 12.8 Å². The molecule has 0 unspecified atom stereocenters. The van der Waals surface area contributed by atoms with Crippen molar-refractivity contribution in [3.05, 3.63) is 42.0 Å². The van der Waals surface area contributed by atoms with Crippen molar-refractivity contribution in [2.75, 3.05) is 7.11 Å². The molecule has 1 aromatic rings. The molecule has 0 bridgehead atoms. The Morgan fingerprint density at radius 1 is 1.28 bits per heavy atom. The lowest BCUT2D eigenvalue weighted by molar-refractivity contribution is -0.137. The lowest BCUT2D eigenvalue weighted by Crippen LogP contribution is -2.31. The van der Waals surface area contributed by atoms with E-state index in [1.807, 2.05) is 30.3 Å². The summed E-state index contributed by atoms with van der Waals surface area (Å²) in [6.07, 6.45) is 1.73. The Hall–Kier alpha value is -1.81. The van der Waals surface area contributed by atoms with Gasteiger partial charge in [-0.1, -0.05) is 18.2 Å². The second-order valence-electron chi connectivity index (χ2n) is 4.18. The van der Waals surface area contributed by atoms with E-state index >= 15 is 0 Å². The van der Waals surface area contributed by atoms with E-state index in [-0.39, 0.29) is 6.10 Å². The van der Waals surface area contributed by atoms with E-state index < -0.39 is 12.1 Å². The molecule has 2 rings (SSSR count). The average molecular weight is 248 g/mol. The Morgan fingerprint density at radius 3 is 2.67 bits per heavy atom. The van der Waals surface area contributed by atoms with Gasteiger partial charge in [0, 0.05) is 0 Å². The van der Waals surface area contributed by atoms with Gasteiger partial charge in [0.05, 0.1) is 18.8 Å². The third-order valence-electron chi connectivity index (χ3n) is 2.89. The Balaban J connectivity index is 2.16. The van der Waals surface area contributed by atoms with Crippen LogP contribution in [0.2, 0.25) is 0 Å². The Labute approximate surface area is 106 Å². The minimum absolute atomic E-state index is 0.358. The van der Waals surface area contributed by atoms with Gasteiger partial charge < -0.3 is 14.6 Å². The zero-order chi connectivity index (χ0) is 13.0. The quantitative estimate of drug-likeness (QED) is 0.827. The fraction of sp³-hybridized carbons (Fsp3) is 0.357. The topological polar surface area (TPSA) is 55.8 Å². The first-order chi connectivity index (χ1) is 8.70. The van der Waals surface area contributed by atoms with Crippen LogP contribution < -0.4 is 4.74 Å². The summed E-state index contributed by atoms with van der Waals surface area (Å²) in [5.41, 5.74) is 0.389. The first kappa shape index (κ1) is 12.6. The molecule has 1 N–H and O–H groups in total. The molecular weight excluding hydrogens is 232 g/mol. The number of aliphatic hydroxyl groups excluding tert-OH is 1. The van der Waals surface area contributed by atoms with Crippen molar-refractivity contribution < 1.29 is 19.4 Å². The van der Waals surface area contributed by atoms with Crippen LogP contribution in [0.25, 0.3) is 0 Å². The summed E-state index contributed by atoms with van der Waals surface area (Å²) >= 11 is 0. The highest BCUT2D eigenvalue weighted by atomic mass is 16.5. The van der Waals surface area contributed by atoms with Crippen LogP contribution in [0.5, 0.6) is 5.75 Å². The third kappa shape index (κ3) is 2.90. The maximum atomic E-state index is 11.6. The minimum Gasteiger partial charge on any atom is -0.485 e. The zero-order valence-corrected chi connectivity index (χ0v) is 10.2. The van der Waals surface area contributed by atoms with E-state index in [1.165, 1.54) is 13.2 Å². The van der Waals surface area contributed by atoms with Crippen LogP contribution in [0.3, 0.4) is 0 Å². The van der Waals surface area contributed by atoms with Crippen LogP contribution in [-0.4, -0.2) is 30.4 Å². The first-order valence-electron chi connectivity index (χ1n) is 5.90. The van der Waals surface area contributed by atoms with Crippen LogP contribution in [-0.2, 0) is 9.53 Å². The number of hydrogen-bond acceptors (Lipinski definition) is 4. The highest BCUT2D eigenvalue weighted by molar-refractivity contribution is 5.89. The van der Waals surface area contributed by atoms with Crippen molar-refractivity contribution in [1.82, 2.24) is 0 Å². The highest BCUT2D eigenvalue weighted by Crippen LogP contribution is 2.25. The van der Waals surface area contributed by atoms with Crippen molar-refractivity contribution >= 4 is 5.97 Å². The van der Waals surface area contributed by atoms with Gasteiger partial charge in [0.2, 0.25) is 0 Å². The molecule has 0 saturated heterocycles. The molecule has 1 aliphatic carbocycles. The summed E-state index contributed by atoms with van der Waals surface area (Å²) in [6, 6.07) is 9.30. The standard InChI is InChI=1S/C14H16O4/c1-17-14(16)12-9-10(15)7-8-13(12)18-11-5-3-2-4-6-11/h2-6,9-10,13,15H,7-8H2,1H3/t10-,13+/m1/s1. The third-order valence-corrected chi connectivity index (χ3v) is 2.89. The van der Waals surface area contributed by atoms with E-state index in [0.717, 1.165) is 0 Å². The molecular formula is C14H16O4. The van der Waals surface area contributed by atoms with Gasteiger partial charge in [0.25, 0.3) is 0 Å². The zero-order valence-electron chi connectivity index (χ0n) is 10.2. The van der Waals surface area contributed by atoms with Gasteiger partial charge in [0.15, 0.2) is 0 Å². The van der Waals surface area contributed by atoms with Gasteiger partial charge in [-0.25, -0.2) is 4.79 Å². The van der Waals surface area contributed by atoms with Gasteiger partial charge >= 0.3 is 5.97 Å².